The fourth-order valence-electron chi connectivity index (χ4n) is 0.949. The summed E-state index contributed by atoms with van der Waals surface area (Å²) in [6.45, 7) is 5.96. The Morgan fingerprint density at radius 2 is 1.88 bits per heavy atom. The summed E-state index contributed by atoms with van der Waals surface area (Å²) in [6.07, 6.45) is 2.78. The van der Waals surface area contributed by atoms with E-state index in [-0.39, 0.29) is 18.5 Å². The summed E-state index contributed by atoms with van der Waals surface area (Å²) in [5.74, 6) is -0.984. The normalized spacial score (nSPS) is 11.1. The van der Waals surface area contributed by atoms with E-state index in [0.29, 0.717) is 6.61 Å². The van der Waals surface area contributed by atoms with Crippen molar-refractivity contribution in [2.75, 3.05) is 13.7 Å². The minimum absolute atomic E-state index is 0.104. The number of hydrogen-bond donors (Lipinski definition) is 1. The smallest absolute Gasteiger partial charge is 0.305 e. The molecule has 0 aromatic heterocycles. The van der Waals surface area contributed by atoms with Crippen molar-refractivity contribution in [3.05, 3.63) is 0 Å². The maximum atomic E-state index is 10.1. The zero-order valence-corrected chi connectivity index (χ0v) is 11.2. The van der Waals surface area contributed by atoms with Crippen LogP contribution in [-0.4, -0.2) is 36.9 Å². The molecule has 0 spiro atoms. The van der Waals surface area contributed by atoms with Crippen molar-refractivity contribution in [2.45, 2.75) is 52.6 Å². The van der Waals surface area contributed by atoms with E-state index in [0.717, 1.165) is 19.3 Å². The SMILES string of the molecule is CCC(CC(=O)O)OC.CCCCOC(C)=O. The highest BCUT2D eigenvalue weighted by Crippen LogP contribution is 2.00. The van der Waals surface area contributed by atoms with Crippen LogP contribution in [0.3, 0.4) is 0 Å². The maximum Gasteiger partial charge on any atom is 0.305 e. The predicted octanol–water partition coefficient (Wildman–Crippen LogP) is 2.24. The highest BCUT2D eigenvalue weighted by Gasteiger charge is 2.08. The molecular weight excluding hydrogens is 224 g/mol. The van der Waals surface area contributed by atoms with Crippen LogP contribution in [0.15, 0.2) is 0 Å². The van der Waals surface area contributed by atoms with E-state index in [4.69, 9.17) is 9.84 Å². The number of carboxylic acid groups (broad SMARTS) is 1. The third-order valence-electron chi connectivity index (χ3n) is 1.99. The Kier molecular flexibility index (Phi) is 13.9. The Morgan fingerprint density at radius 3 is 2.12 bits per heavy atom. The fourth-order valence-corrected chi connectivity index (χ4v) is 0.949. The van der Waals surface area contributed by atoms with E-state index in [1.807, 2.05) is 6.92 Å². The van der Waals surface area contributed by atoms with Crippen molar-refractivity contribution in [2.24, 2.45) is 0 Å². The molecule has 1 unspecified atom stereocenters. The summed E-state index contributed by atoms with van der Waals surface area (Å²) in [4.78, 5) is 20.1. The molecule has 0 rings (SSSR count). The van der Waals surface area contributed by atoms with Crippen molar-refractivity contribution >= 4 is 11.9 Å². The summed E-state index contributed by atoms with van der Waals surface area (Å²) in [6, 6.07) is 0. The second kappa shape index (κ2) is 13.0. The van der Waals surface area contributed by atoms with Gasteiger partial charge in [-0.25, -0.2) is 0 Å². The van der Waals surface area contributed by atoms with Gasteiger partial charge in [-0.15, -0.1) is 0 Å². The van der Waals surface area contributed by atoms with Crippen molar-refractivity contribution < 1.29 is 24.2 Å². The standard InChI is InChI=1S/C6H12O3.C6H12O2/c1-3-5(9-2)4-6(7)8;1-3-4-5-8-6(2)7/h5H,3-4H2,1-2H3,(H,7,8);3-5H2,1-2H3. The van der Waals surface area contributed by atoms with Crippen molar-refractivity contribution in [3.8, 4) is 0 Å². The number of aliphatic carboxylic acids is 1. The minimum Gasteiger partial charge on any atom is -0.481 e. The summed E-state index contributed by atoms with van der Waals surface area (Å²) in [5, 5.41) is 8.27. The number of carbonyl (C=O) groups excluding carboxylic acids is 1. The molecule has 0 radical (unpaired) electrons. The average molecular weight is 248 g/mol. The molecule has 0 aliphatic carbocycles. The molecule has 0 saturated carbocycles. The number of methoxy groups -OCH3 is 1. The average Bonchev–Trinajstić information content (AvgIpc) is 2.26. The van der Waals surface area contributed by atoms with Crippen molar-refractivity contribution in [1.29, 1.82) is 0 Å². The maximum absolute atomic E-state index is 10.1. The molecular formula is C12H24O5. The van der Waals surface area contributed by atoms with Gasteiger partial charge in [0.2, 0.25) is 0 Å². The topological polar surface area (TPSA) is 72.8 Å². The van der Waals surface area contributed by atoms with Crippen LogP contribution in [0.5, 0.6) is 0 Å². The van der Waals surface area contributed by atoms with Crippen molar-refractivity contribution in [1.82, 2.24) is 0 Å². The molecule has 0 aliphatic rings. The molecule has 1 N–H and O–H groups in total. The lowest BCUT2D eigenvalue weighted by molar-refractivity contribution is -0.141. The number of unbranched alkanes of at least 4 members (excludes halogenated alkanes) is 1. The number of ether oxygens (including phenoxy) is 2. The molecule has 0 aliphatic heterocycles. The van der Waals surface area contributed by atoms with Crippen LogP contribution >= 0.6 is 0 Å². The van der Waals surface area contributed by atoms with Gasteiger partial charge in [-0.3, -0.25) is 9.59 Å². The van der Waals surface area contributed by atoms with Gasteiger partial charge in [-0.1, -0.05) is 20.3 Å². The van der Waals surface area contributed by atoms with Crippen molar-refractivity contribution in [3.63, 3.8) is 0 Å². The lowest BCUT2D eigenvalue weighted by Crippen LogP contribution is -2.14. The van der Waals surface area contributed by atoms with Crippen LogP contribution in [0.4, 0.5) is 0 Å². The van der Waals surface area contributed by atoms with Gasteiger partial charge in [0.05, 0.1) is 19.1 Å². The molecule has 102 valence electrons. The Bertz CT molecular complexity index is 199. The van der Waals surface area contributed by atoms with Crippen LogP contribution < -0.4 is 0 Å². The van der Waals surface area contributed by atoms with Crippen LogP contribution in [0, 0.1) is 0 Å². The Hall–Kier alpha value is -1.10. The van der Waals surface area contributed by atoms with Crippen LogP contribution in [0.25, 0.3) is 0 Å². The van der Waals surface area contributed by atoms with Gasteiger partial charge in [0.1, 0.15) is 0 Å². The Balaban J connectivity index is 0. The first-order valence-electron chi connectivity index (χ1n) is 5.85. The number of hydrogen-bond acceptors (Lipinski definition) is 4. The quantitative estimate of drug-likeness (QED) is 0.552. The zero-order chi connectivity index (χ0) is 13.7. The molecule has 0 aromatic carbocycles. The molecule has 5 nitrogen and oxygen atoms in total. The summed E-state index contributed by atoms with van der Waals surface area (Å²) in [5.41, 5.74) is 0. The number of carboxylic acids is 1. The monoisotopic (exact) mass is 248 g/mol. The van der Waals surface area contributed by atoms with Gasteiger partial charge in [-0.05, 0) is 12.8 Å². The van der Waals surface area contributed by atoms with Gasteiger partial charge in [0.25, 0.3) is 0 Å². The number of esters is 1. The molecule has 0 amide bonds. The molecule has 0 saturated heterocycles. The highest BCUT2D eigenvalue weighted by molar-refractivity contribution is 5.67. The molecule has 0 fully saturated rings. The van der Waals surface area contributed by atoms with E-state index < -0.39 is 5.97 Å². The second-order valence-electron chi connectivity index (χ2n) is 3.56. The molecule has 0 bridgehead atoms. The third-order valence-corrected chi connectivity index (χ3v) is 1.99. The molecule has 17 heavy (non-hydrogen) atoms. The van der Waals surface area contributed by atoms with E-state index >= 15 is 0 Å². The van der Waals surface area contributed by atoms with E-state index in [1.165, 1.54) is 14.0 Å². The zero-order valence-electron chi connectivity index (χ0n) is 11.2. The summed E-state index contributed by atoms with van der Waals surface area (Å²) >= 11 is 0. The fraction of sp³-hybridized carbons (Fsp3) is 0.833. The summed E-state index contributed by atoms with van der Waals surface area (Å²) in [7, 11) is 1.52. The lowest BCUT2D eigenvalue weighted by atomic mass is 10.2. The van der Waals surface area contributed by atoms with Crippen LogP contribution in [0.1, 0.15) is 46.5 Å². The number of rotatable bonds is 7. The molecule has 5 heteroatoms. The van der Waals surface area contributed by atoms with Gasteiger partial charge < -0.3 is 14.6 Å². The minimum atomic E-state index is -0.802. The molecule has 1 atom stereocenters. The van der Waals surface area contributed by atoms with Gasteiger partial charge in [0, 0.05) is 14.0 Å². The van der Waals surface area contributed by atoms with Gasteiger partial charge >= 0.3 is 11.9 Å². The van der Waals surface area contributed by atoms with E-state index in [1.54, 1.807) is 0 Å². The highest BCUT2D eigenvalue weighted by atomic mass is 16.5. The van der Waals surface area contributed by atoms with E-state index in [9.17, 15) is 9.59 Å². The Morgan fingerprint density at radius 1 is 1.29 bits per heavy atom. The number of carbonyl (C=O) groups is 2. The van der Waals surface area contributed by atoms with Gasteiger partial charge in [0.15, 0.2) is 0 Å². The molecule has 0 heterocycles. The van der Waals surface area contributed by atoms with Crippen LogP contribution in [0.2, 0.25) is 0 Å². The lowest BCUT2D eigenvalue weighted by Gasteiger charge is -2.07. The predicted molar refractivity (Wildman–Crippen MR) is 64.9 cm³/mol. The van der Waals surface area contributed by atoms with E-state index in [2.05, 4.69) is 11.7 Å². The third kappa shape index (κ3) is 17.5. The molecule has 0 aromatic rings. The van der Waals surface area contributed by atoms with Crippen LogP contribution in [-0.2, 0) is 19.1 Å². The first kappa shape index (κ1) is 18.3. The first-order valence-corrected chi connectivity index (χ1v) is 5.85. The van der Waals surface area contributed by atoms with Gasteiger partial charge in [-0.2, -0.15) is 0 Å². The summed E-state index contributed by atoms with van der Waals surface area (Å²) < 4.78 is 9.47. The largest absolute Gasteiger partial charge is 0.481 e. The Labute approximate surface area is 103 Å². The second-order valence-corrected chi connectivity index (χ2v) is 3.56. The first-order chi connectivity index (χ1) is 7.97.